The summed E-state index contributed by atoms with van der Waals surface area (Å²) in [7, 11) is 2.98. The second-order valence-corrected chi connectivity index (χ2v) is 7.84. The van der Waals surface area contributed by atoms with E-state index in [0.717, 1.165) is 4.90 Å². The van der Waals surface area contributed by atoms with Crippen LogP contribution in [0.25, 0.3) is 0 Å². The summed E-state index contributed by atoms with van der Waals surface area (Å²) in [5.41, 5.74) is 7.06. The molecule has 0 fully saturated rings. The van der Waals surface area contributed by atoms with Crippen LogP contribution in [-0.2, 0) is 4.79 Å². The Morgan fingerprint density at radius 1 is 0.818 bits per heavy atom. The van der Waals surface area contributed by atoms with Crippen molar-refractivity contribution < 1.29 is 23.9 Å². The number of hydrogen-bond donors (Lipinski definition) is 3. The molecule has 3 aromatic carbocycles. The van der Waals surface area contributed by atoms with Gasteiger partial charge in [-0.2, -0.15) is 0 Å². The van der Waals surface area contributed by atoms with Gasteiger partial charge in [0.15, 0.2) is 0 Å². The molecule has 0 aliphatic heterocycles. The summed E-state index contributed by atoms with van der Waals surface area (Å²) < 4.78 is 10.6. The fraction of sp³-hybridized carbons (Fsp3) is 0.125. The van der Waals surface area contributed by atoms with Gasteiger partial charge in [-0.1, -0.05) is 6.07 Å². The van der Waals surface area contributed by atoms with Crippen LogP contribution in [0.15, 0.2) is 71.6 Å². The van der Waals surface area contributed by atoms with Gasteiger partial charge < -0.3 is 25.8 Å². The molecule has 0 aliphatic carbocycles. The highest BCUT2D eigenvalue weighted by Gasteiger charge is 2.18. The van der Waals surface area contributed by atoms with Gasteiger partial charge >= 0.3 is 0 Å². The number of benzene rings is 3. The summed E-state index contributed by atoms with van der Waals surface area (Å²) in [6, 6.07) is 18.6. The molecule has 9 heteroatoms. The monoisotopic (exact) mass is 465 g/mol. The van der Waals surface area contributed by atoms with E-state index in [1.807, 2.05) is 12.1 Å². The molecule has 4 N–H and O–H groups in total. The Morgan fingerprint density at radius 3 is 1.91 bits per heavy atom. The topological polar surface area (TPSA) is 120 Å². The Morgan fingerprint density at radius 2 is 1.36 bits per heavy atom. The van der Waals surface area contributed by atoms with Crippen LogP contribution in [0, 0.1) is 0 Å². The third kappa shape index (κ3) is 6.27. The normalized spacial score (nSPS) is 10.2. The van der Waals surface area contributed by atoms with Gasteiger partial charge in [0.2, 0.25) is 11.8 Å². The van der Waals surface area contributed by atoms with Crippen molar-refractivity contribution in [1.29, 1.82) is 0 Å². The van der Waals surface area contributed by atoms with Crippen LogP contribution < -0.4 is 25.8 Å². The largest absolute Gasteiger partial charge is 0.496 e. The van der Waals surface area contributed by atoms with Crippen molar-refractivity contribution in [2.45, 2.75) is 4.90 Å². The molecule has 3 amide bonds. The zero-order valence-electron chi connectivity index (χ0n) is 18.1. The van der Waals surface area contributed by atoms with Crippen molar-refractivity contribution in [2.75, 3.05) is 30.6 Å². The number of carbonyl (C=O) groups is 3. The van der Waals surface area contributed by atoms with Gasteiger partial charge in [-0.15, -0.1) is 11.8 Å². The summed E-state index contributed by atoms with van der Waals surface area (Å²) in [5, 5.41) is 5.59. The number of anilines is 2. The van der Waals surface area contributed by atoms with E-state index in [1.54, 1.807) is 54.6 Å². The van der Waals surface area contributed by atoms with Crippen molar-refractivity contribution in [3.8, 4) is 11.5 Å². The number of amides is 3. The summed E-state index contributed by atoms with van der Waals surface area (Å²) in [4.78, 5) is 36.9. The molecule has 0 atom stereocenters. The Balaban J connectivity index is 1.56. The number of hydrogen-bond acceptors (Lipinski definition) is 6. The molecule has 3 aromatic rings. The molecule has 33 heavy (non-hydrogen) atoms. The van der Waals surface area contributed by atoms with E-state index in [9.17, 15) is 14.4 Å². The maximum atomic E-state index is 12.8. The van der Waals surface area contributed by atoms with Crippen LogP contribution >= 0.6 is 11.8 Å². The third-order valence-corrected chi connectivity index (χ3v) is 5.60. The van der Waals surface area contributed by atoms with E-state index in [-0.39, 0.29) is 17.6 Å². The van der Waals surface area contributed by atoms with Crippen molar-refractivity contribution >= 4 is 40.9 Å². The molecule has 0 saturated heterocycles. The van der Waals surface area contributed by atoms with Crippen LogP contribution in [0.3, 0.4) is 0 Å². The molecule has 0 heterocycles. The van der Waals surface area contributed by atoms with Gasteiger partial charge in [-0.25, -0.2) is 0 Å². The molecular weight excluding hydrogens is 442 g/mol. The Bertz CT molecular complexity index is 1130. The molecule has 0 aromatic heterocycles. The molecule has 8 nitrogen and oxygen atoms in total. The average molecular weight is 466 g/mol. The highest BCUT2D eigenvalue weighted by molar-refractivity contribution is 8.00. The summed E-state index contributed by atoms with van der Waals surface area (Å²) in [6.45, 7) is 0. The quantitative estimate of drug-likeness (QED) is 0.414. The van der Waals surface area contributed by atoms with Gasteiger partial charge in [0.05, 0.1) is 20.0 Å². The molecular formula is C24H23N3O5S. The fourth-order valence-corrected chi connectivity index (χ4v) is 3.67. The Kier molecular flexibility index (Phi) is 7.93. The first-order valence-corrected chi connectivity index (χ1v) is 10.8. The van der Waals surface area contributed by atoms with E-state index < -0.39 is 5.91 Å². The minimum atomic E-state index is -0.523. The zero-order valence-corrected chi connectivity index (χ0v) is 18.9. The van der Waals surface area contributed by atoms with Crippen molar-refractivity contribution in [3.05, 3.63) is 77.9 Å². The Hall–Kier alpha value is -3.98. The second-order valence-electron chi connectivity index (χ2n) is 6.79. The minimum absolute atomic E-state index is 0.188. The lowest BCUT2D eigenvalue weighted by Crippen LogP contribution is -2.15. The lowest BCUT2D eigenvalue weighted by Gasteiger charge is -2.13. The van der Waals surface area contributed by atoms with E-state index in [2.05, 4.69) is 10.6 Å². The van der Waals surface area contributed by atoms with E-state index >= 15 is 0 Å². The summed E-state index contributed by atoms with van der Waals surface area (Å²) in [6.07, 6.45) is 0. The highest BCUT2D eigenvalue weighted by atomic mass is 32.2. The molecule has 3 rings (SSSR count). The summed E-state index contributed by atoms with van der Waals surface area (Å²) in [5.74, 6) is -0.0468. The first-order valence-electron chi connectivity index (χ1n) is 9.86. The maximum Gasteiger partial charge on any atom is 0.263 e. The van der Waals surface area contributed by atoms with Crippen molar-refractivity contribution in [1.82, 2.24) is 0 Å². The number of thioether (sulfide) groups is 1. The zero-order chi connectivity index (χ0) is 23.8. The average Bonchev–Trinajstić information content (AvgIpc) is 2.83. The second kappa shape index (κ2) is 11.1. The number of nitrogens with one attached hydrogen (secondary N) is 2. The van der Waals surface area contributed by atoms with Gasteiger partial charge in [0.1, 0.15) is 17.1 Å². The number of primary amides is 1. The minimum Gasteiger partial charge on any atom is -0.496 e. The van der Waals surface area contributed by atoms with Gasteiger partial charge in [-0.3, -0.25) is 14.4 Å². The lowest BCUT2D eigenvalue weighted by molar-refractivity contribution is -0.113. The first-order chi connectivity index (χ1) is 15.9. The molecule has 0 saturated carbocycles. The standard InChI is InChI=1S/C24H23N3O5S/c1-31-19-4-3-5-20(32-2)22(19)24(30)27-17-10-12-18(13-11-17)33-14-21(28)26-16-8-6-15(7-9-16)23(25)29/h3-13H,14H2,1-2H3,(H2,25,29)(H,26,28)(H,27,30). The van der Waals surface area contributed by atoms with E-state index in [0.29, 0.717) is 34.0 Å². The predicted octanol–water partition coefficient (Wildman–Crippen LogP) is 3.79. The van der Waals surface area contributed by atoms with Crippen molar-refractivity contribution in [3.63, 3.8) is 0 Å². The highest BCUT2D eigenvalue weighted by Crippen LogP contribution is 2.29. The molecule has 0 radical (unpaired) electrons. The van der Waals surface area contributed by atoms with E-state index in [4.69, 9.17) is 15.2 Å². The summed E-state index contributed by atoms with van der Waals surface area (Å²) >= 11 is 1.35. The van der Waals surface area contributed by atoms with Gasteiger partial charge in [0.25, 0.3) is 5.91 Å². The molecule has 0 bridgehead atoms. The Labute approximate surface area is 195 Å². The number of ether oxygens (including phenoxy) is 2. The van der Waals surface area contributed by atoms with Crippen LogP contribution in [0.4, 0.5) is 11.4 Å². The van der Waals surface area contributed by atoms with Crippen LogP contribution in [0.1, 0.15) is 20.7 Å². The number of nitrogens with two attached hydrogens (primary N) is 1. The van der Waals surface area contributed by atoms with Crippen LogP contribution in [0.2, 0.25) is 0 Å². The predicted molar refractivity (Wildman–Crippen MR) is 128 cm³/mol. The van der Waals surface area contributed by atoms with E-state index in [1.165, 1.54) is 26.0 Å². The number of methoxy groups -OCH3 is 2. The lowest BCUT2D eigenvalue weighted by atomic mass is 10.1. The van der Waals surface area contributed by atoms with Gasteiger partial charge in [-0.05, 0) is 60.7 Å². The first kappa shape index (κ1) is 23.7. The third-order valence-electron chi connectivity index (χ3n) is 4.59. The smallest absolute Gasteiger partial charge is 0.263 e. The molecule has 0 aliphatic rings. The molecule has 0 unspecified atom stereocenters. The van der Waals surface area contributed by atoms with Gasteiger partial charge in [0, 0.05) is 21.8 Å². The van der Waals surface area contributed by atoms with Crippen LogP contribution in [-0.4, -0.2) is 37.7 Å². The fourth-order valence-electron chi connectivity index (χ4n) is 2.97. The maximum absolute atomic E-state index is 12.8. The number of rotatable bonds is 9. The molecule has 0 spiro atoms. The SMILES string of the molecule is COc1cccc(OC)c1C(=O)Nc1ccc(SCC(=O)Nc2ccc(C(N)=O)cc2)cc1. The van der Waals surface area contributed by atoms with Crippen LogP contribution in [0.5, 0.6) is 11.5 Å². The van der Waals surface area contributed by atoms with Crippen molar-refractivity contribution in [2.24, 2.45) is 5.73 Å². The number of carbonyl (C=O) groups excluding carboxylic acids is 3. The molecule has 170 valence electrons.